The molecule has 1 fully saturated rings. The van der Waals surface area contributed by atoms with Crippen molar-refractivity contribution in [1.29, 1.82) is 0 Å². The molecule has 3 rings (SSSR count). The normalized spacial score (nSPS) is 15.8. The third-order valence-electron chi connectivity index (χ3n) is 4.06. The van der Waals surface area contributed by atoms with E-state index in [1.54, 1.807) is 30.3 Å². The van der Waals surface area contributed by atoms with Crippen molar-refractivity contribution in [2.75, 3.05) is 26.2 Å². The van der Waals surface area contributed by atoms with Crippen molar-refractivity contribution in [1.82, 2.24) is 19.0 Å². The average molecular weight is 378 g/mol. The maximum Gasteiger partial charge on any atom is 0.325 e. The summed E-state index contributed by atoms with van der Waals surface area (Å²) in [5.41, 5.74) is 0.144. The monoisotopic (exact) mass is 378 g/mol. The molecule has 0 radical (unpaired) electrons. The number of carbonyl (C=O) groups is 2. The summed E-state index contributed by atoms with van der Waals surface area (Å²) in [6.07, 6.45) is 1.43. The number of rotatable bonds is 5. The number of hydrogen-bond donors (Lipinski definition) is 1. The summed E-state index contributed by atoms with van der Waals surface area (Å²) in [5, 5.41) is 12.7. The molecule has 0 bridgehead atoms. The number of hydrogen-bond acceptors (Lipinski definition) is 5. The Hall–Kier alpha value is -2.72. The Morgan fingerprint density at radius 3 is 2.31 bits per heavy atom. The molecule has 1 saturated heterocycles. The Morgan fingerprint density at radius 1 is 1.04 bits per heavy atom. The molecule has 26 heavy (non-hydrogen) atoms. The van der Waals surface area contributed by atoms with Crippen molar-refractivity contribution in [2.24, 2.45) is 0 Å². The molecule has 1 amide bonds. The van der Waals surface area contributed by atoms with Crippen LogP contribution in [0.5, 0.6) is 0 Å². The van der Waals surface area contributed by atoms with Crippen molar-refractivity contribution in [3.63, 3.8) is 0 Å². The van der Waals surface area contributed by atoms with Crippen molar-refractivity contribution < 1.29 is 23.1 Å². The molecule has 10 heteroatoms. The first-order valence-electron chi connectivity index (χ1n) is 7.97. The second-order valence-corrected chi connectivity index (χ2v) is 7.74. The van der Waals surface area contributed by atoms with Crippen LogP contribution in [-0.2, 0) is 21.4 Å². The van der Waals surface area contributed by atoms with E-state index in [9.17, 15) is 18.0 Å². The van der Waals surface area contributed by atoms with Gasteiger partial charge in [-0.2, -0.15) is 9.40 Å². The molecule has 1 aliphatic rings. The lowest BCUT2D eigenvalue weighted by Gasteiger charge is -2.33. The van der Waals surface area contributed by atoms with Gasteiger partial charge in [-0.1, -0.05) is 18.2 Å². The standard InChI is InChI=1S/C16H18N4O5S/c21-15(22)12-19-7-6-14(17-19)16(23)18-8-10-20(11-9-18)26(24,25)13-4-2-1-3-5-13/h1-7H,8-12H2,(H,21,22). The summed E-state index contributed by atoms with van der Waals surface area (Å²) in [5.74, 6) is -1.39. The third kappa shape index (κ3) is 3.75. The first-order chi connectivity index (χ1) is 12.4. The molecular weight excluding hydrogens is 360 g/mol. The largest absolute Gasteiger partial charge is 0.480 e. The van der Waals surface area contributed by atoms with Gasteiger partial charge in [-0.25, -0.2) is 8.42 Å². The number of carbonyl (C=O) groups excluding carboxylic acids is 1. The molecule has 1 aromatic heterocycles. The molecule has 2 aromatic rings. The molecule has 0 saturated carbocycles. The highest BCUT2D eigenvalue weighted by molar-refractivity contribution is 7.89. The van der Waals surface area contributed by atoms with E-state index < -0.39 is 16.0 Å². The number of carboxylic acid groups (broad SMARTS) is 1. The summed E-state index contributed by atoms with van der Waals surface area (Å²) >= 11 is 0. The van der Waals surface area contributed by atoms with E-state index in [2.05, 4.69) is 5.10 Å². The fraction of sp³-hybridized carbons (Fsp3) is 0.312. The zero-order valence-corrected chi connectivity index (χ0v) is 14.7. The number of aliphatic carboxylic acids is 1. The number of carboxylic acids is 1. The summed E-state index contributed by atoms with van der Waals surface area (Å²) in [6, 6.07) is 9.63. The van der Waals surface area contributed by atoms with Crippen molar-refractivity contribution in [3.8, 4) is 0 Å². The minimum atomic E-state index is -3.57. The maximum absolute atomic E-state index is 12.6. The predicted molar refractivity (Wildman–Crippen MR) is 91.0 cm³/mol. The van der Waals surface area contributed by atoms with Gasteiger partial charge in [0, 0.05) is 32.4 Å². The number of nitrogens with zero attached hydrogens (tertiary/aromatic N) is 4. The summed E-state index contributed by atoms with van der Waals surface area (Å²) in [7, 11) is -3.57. The zero-order chi connectivity index (χ0) is 18.7. The molecule has 0 atom stereocenters. The molecule has 9 nitrogen and oxygen atoms in total. The van der Waals surface area contributed by atoms with E-state index in [4.69, 9.17) is 5.11 Å². The molecule has 1 aliphatic heterocycles. The quantitative estimate of drug-likeness (QED) is 0.790. The van der Waals surface area contributed by atoms with E-state index in [0.717, 1.165) is 0 Å². The van der Waals surface area contributed by atoms with Crippen LogP contribution < -0.4 is 0 Å². The lowest BCUT2D eigenvalue weighted by molar-refractivity contribution is -0.137. The van der Waals surface area contributed by atoms with E-state index in [1.165, 1.54) is 26.2 Å². The fourth-order valence-corrected chi connectivity index (χ4v) is 4.18. The second-order valence-electron chi connectivity index (χ2n) is 5.80. The van der Waals surface area contributed by atoms with Gasteiger partial charge in [0.15, 0.2) is 0 Å². The van der Waals surface area contributed by atoms with Gasteiger partial charge in [0.05, 0.1) is 4.90 Å². The van der Waals surface area contributed by atoms with Crippen LogP contribution in [0.25, 0.3) is 0 Å². The van der Waals surface area contributed by atoms with Crippen molar-refractivity contribution in [3.05, 3.63) is 48.3 Å². The van der Waals surface area contributed by atoms with E-state index in [0.29, 0.717) is 0 Å². The Balaban J connectivity index is 1.64. The van der Waals surface area contributed by atoms with Crippen LogP contribution >= 0.6 is 0 Å². The van der Waals surface area contributed by atoms with Crippen molar-refractivity contribution in [2.45, 2.75) is 11.4 Å². The van der Waals surface area contributed by atoms with Crippen LogP contribution in [0, 0.1) is 0 Å². The summed E-state index contributed by atoms with van der Waals surface area (Å²) in [4.78, 5) is 24.9. The number of benzene rings is 1. The van der Waals surface area contributed by atoms with Gasteiger partial charge in [-0.05, 0) is 18.2 Å². The van der Waals surface area contributed by atoms with Crippen LogP contribution in [0.2, 0.25) is 0 Å². The van der Waals surface area contributed by atoms with E-state index in [-0.39, 0.29) is 49.2 Å². The molecule has 1 aromatic carbocycles. The van der Waals surface area contributed by atoms with Crippen LogP contribution in [0.4, 0.5) is 0 Å². The fourth-order valence-electron chi connectivity index (χ4n) is 2.74. The lowest BCUT2D eigenvalue weighted by Crippen LogP contribution is -2.50. The van der Waals surface area contributed by atoms with Gasteiger partial charge in [0.1, 0.15) is 12.2 Å². The first kappa shape index (κ1) is 18.1. The van der Waals surface area contributed by atoms with Gasteiger partial charge < -0.3 is 10.0 Å². The molecular formula is C16H18N4O5S. The number of amides is 1. The minimum Gasteiger partial charge on any atom is -0.480 e. The molecule has 0 spiro atoms. The first-order valence-corrected chi connectivity index (χ1v) is 9.41. The highest BCUT2D eigenvalue weighted by Gasteiger charge is 2.30. The topological polar surface area (TPSA) is 113 Å². The Kier molecular flexibility index (Phi) is 5.05. The molecule has 2 heterocycles. The maximum atomic E-state index is 12.6. The minimum absolute atomic E-state index is 0.144. The van der Waals surface area contributed by atoms with E-state index in [1.807, 2.05) is 0 Å². The van der Waals surface area contributed by atoms with Crippen LogP contribution in [0.15, 0.2) is 47.5 Å². The Bertz CT molecular complexity index is 902. The molecule has 138 valence electrons. The Labute approximate surface area is 150 Å². The smallest absolute Gasteiger partial charge is 0.325 e. The van der Waals surface area contributed by atoms with Crippen molar-refractivity contribution >= 4 is 21.9 Å². The lowest BCUT2D eigenvalue weighted by atomic mass is 10.3. The summed E-state index contributed by atoms with van der Waals surface area (Å²) < 4.78 is 27.7. The Morgan fingerprint density at radius 2 is 1.69 bits per heavy atom. The SMILES string of the molecule is O=C(O)Cn1ccc(C(=O)N2CCN(S(=O)(=O)c3ccccc3)CC2)n1. The van der Waals surface area contributed by atoms with Gasteiger partial charge in [0.2, 0.25) is 10.0 Å². The van der Waals surface area contributed by atoms with Gasteiger partial charge in [-0.3, -0.25) is 14.3 Å². The van der Waals surface area contributed by atoms with Crippen LogP contribution in [0.3, 0.4) is 0 Å². The number of sulfonamides is 1. The molecule has 0 aliphatic carbocycles. The predicted octanol–water partition coefficient (Wildman–Crippen LogP) is 0.114. The third-order valence-corrected chi connectivity index (χ3v) is 5.98. The highest BCUT2D eigenvalue weighted by atomic mass is 32.2. The zero-order valence-electron chi connectivity index (χ0n) is 13.9. The van der Waals surface area contributed by atoms with Gasteiger partial charge in [-0.15, -0.1) is 0 Å². The molecule has 0 unspecified atom stereocenters. The highest BCUT2D eigenvalue weighted by Crippen LogP contribution is 2.18. The van der Waals surface area contributed by atoms with E-state index >= 15 is 0 Å². The average Bonchev–Trinajstić information content (AvgIpc) is 3.09. The second kappa shape index (κ2) is 7.26. The van der Waals surface area contributed by atoms with Gasteiger partial charge in [0.25, 0.3) is 5.91 Å². The van der Waals surface area contributed by atoms with Crippen LogP contribution in [0.1, 0.15) is 10.5 Å². The van der Waals surface area contributed by atoms with Crippen LogP contribution in [-0.4, -0.2) is 70.6 Å². The number of piperazine rings is 1. The molecule has 1 N–H and O–H groups in total. The van der Waals surface area contributed by atoms with Gasteiger partial charge >= 0.3 is 5.97 Å². The number of aromatic nitrogens is 2. The summed E-state index contributed by atoms with van der Waals surface area (Å²) in [6.45, 7) is 0.557.